The predicted molar refractivity (Wildman–Crippen MR) is 76.2 cm³/mol. The maximum absolute atomic E-state index is 11.8. The fourth-order valence-electron chi connectivity index (χ4n) is 1.22. The molecule has 0 amide bonds. The van der Waals surface area contributed by atoms with Gasteiger partial charge in [0.25, 0.3) is 5.97 Å². The van der Waals surface area contributed by atoms with Crippen LogP contribution in [0.3, 0.4) is 0 Å². The third-order valence-electron chi connectivity index (χ3n) is 2.03. The summed E-state index contributed by atoms with van der Waals surface area (Å²) >= 11 is 0. The van der Waals surface area contributed by atoms with Crippen LogP contribution in [0.25, 0.3) is 0 Å². The summed E-state index contributed by atoms with van der Waals surface area (Å²) < 4.78 is 30.6. The Balaban J connectivity index is 0.000000885. The number of rotatable bonds is 5. The Labute approximate surface area is 124 Å². The highest BCUT2D eigenvalue weighted by atomic mass is 32.2. The zero-order valence-corrected chi connectivity index (χ0v) is 12.9. The molecule has 0 saturated heterocycles. The van der Waals surface area contributed by atoms with Gasteiger partial charge in [0, 0.05) is 6.92 Å². The van der Waals surface area contributed by atoms with E-state index >= 15 is 0 Å². The Morgan fingerprint density at radius 2 is 1.76 bits per heavy atom. The first kappa shape index (κ1) is 19.1. The Kier molecular flexibility index (Phi) is 8.25. The number of benzene rings is 1. The molecule has 8 heteroatoms. The summed E-state index contributed by atoms with van der Waals surface area (Å²) in [5.74, 6) is -1.42. The molecule has 0 aromatic heterocycles. The normalized spacial score (nSPS) is 11.8. The molecular formula is C13H19NO6S. The van der Waals surface area contributed by atoms with Gasteiger partial charge in [-0.05, 0) is 26.0 Å². The lowest BCUT2D eigenvalue weighted by atomic mass is 10.4. The van der Waals surface area contributed by atoms with Crippen molar-refractivity contribution in [1.82, 2.24) is 4.72 Å². The number of esters is 1. The Morgan fingerprint density at radius 3 is 2.19 bits per heavy atom. The van der Waals surface area contributed by atoms with Gasteiger partial charge in [0.1, 0.15) is 6.04 Å². The lowest BCUT2D eigenvalue weighted by Gasteiger charge is -2.12. The number of carboxylic acids is 1. The molecule has 0 aliphatic carbocycles. The number of ether oxygens (including phenoxy) is 1. The van der Waals surface area contributed by atoms with E-state index in [-0.39, 0.29) is 11.5 Å². The molecule has 0 saturated carbocycles. The second-order valence-corrected chi connectivity index (χ2v) is 5.64. The molecular weight excluding hydrogens is 298 g/mol. The lowest BCUT2D eigenvalue weighted by Crippen LogP contribution is -2.39. The molecule has 0 aliphatic heterocycles. The molecule has 0 aliphatic rings. The van der Waals surface area contributed by atoms with Gasteiger partial charge in [-0.15, -0.1) is 0 Å². The number of hydrogen-bond acceptors (Lipinski definition) is 5. The first-order valence-electron chi connectivity index (χ1n) is 6.14. The number of aliphatic carboxylic acids is 1. The molecule has 21 heavy (non-hydrogen) atoms. The minimum atomic E-state index is -3.67. The van der Waals surface area contributed by atoms with Gasteiger partial charge in [-0.1, -0.05) is 18.2 Å². The van der Waals surface area contributed by atoms with Crippen molar-refractivity contribution in [2.45, 2.75) is 31.7 Å². The molecule has 1 aromatic rings. The van der Waals surface area contributed by atoms with Gasteiger partial charge in [-0.2, -0.15) is 4.72 Å². The van der Waals surface area contributed by atoms with Crippen LogP contribution in [0.1, 0.15) is 20.8 Å². The SMILES string of the molecule is CC(=O)O.CCOC(=O)C(C)NS(=O)(=O)c1ccccc1. The standard InChI is InChI=1S/C11H15NO4S.C2H4O2/c1-3-16-11(13)9(2)12-17(14,15)10-7-5-4-6-8-10;1-2(3)4/h4-9,12H,3H2,1-2H3;1H3,(H,3,4). The molecule has 0 fully saturated rings. The minimum Gasteiger partial charge on any atom is -0.481 e. The molecule has 1 rings (SSSR count). The number of sulfonamides is 1. The lowest BCUT2D eigenvalue weighted by molar-refractivity contribution is -0.144. The number of hydrogen-bond donors (Lipinski definition) is 2. The van der Waals surface area contributed by atoms with Crippen molar-refractivity contribution in [3.05, 3.63) is 30.3 Å². The van der Waals surface area contributed by atoms with E-state index < -0.39 is 28.0 Å². The molecule has 0 bridgehead atoms. The second kappa shape index (κ2) is 9.09. The molecule has 2 N–H and O–H groups in total. The first-order valence-corrected chi connectivity index (χ1v) is 7.62. The Hall–Kier alpha value is -1.93. The Bertz CT molecular complexity index is 551. The molecule has 1 unspecified atom stereocenters. The third-order valence-corrected chi connectivity index (χ3v) is 3.58. The van der Waals surface area contributed by atoms with Crippen LogP contribution in [0.2, 0.25) is 0 Å². The number of carbonyl (C=O) groups is 2. The van der Waals surface area contributed by atoms with E-state index in [0.717, 1.165) is 6.92 Å². The zero-order valence-electron chi connectivity index (χ0n) is 12.1. The molecule has 0 radical (unpaired) electrons. The van der Waals surface area contributed by atoms with Crippen LogP contribution in [0.4, 0.5) is 0 Å². The van der Waals surface area contributed by atoms with E-state index in [1.54, 1.807) is 25.1 Å². The van der Waals surface area contributed by atoms with Crippen molar-refractivity contribution in [2.24, 2.45) is 0 Å². The number of carboxylic acid groups (broad SMARTS) is 1. The van der Waals surface area contributed by atoms with Gasteiger partial charge < -0.3 is 9.84 Å². The summed E-state index contributed by atoms with van der Waals surface area (Å²) in [5.41, 5.74) is 0. The fourth-order valence-corrected chi connectivity index (χ4v) is 2.43. The van der Waals surface area contributed by atoms with Gasteiger partial charge >= 0.3 is 5.97 Å². The summed E-state index contributed by atoms with van der Waals surface area (Å²) in [4.78, 5) is 20.4. The van der Waals surface area contributed by atoms with Crippen molar-refractivity contribution >= 4 is 22.0 Å². The highest BCUT2D eigenvalue weighted by Gasteiger charge is 2.22. The maximum atomic E-state index is 11.8. The van der Waals surface area contributed by atoms with E-state index in [2.05, 4.69) is 4.72 Å². The second-order valence-electron chi connectivity index (χ2n) is 3.93. The van der Waals surface area contributed by atoms with Gasteiger partial charge in [0.15, 0.2) is 0 Å². The summed E-state index contributed by atoms with van der Waals surface area (Å²) in [5, 5.41) is 7.42. The molecule has 1 aromatic carbocycles. The predicted octanol–water partition coefficient (Wildman–Crippen LogP) is 1.01. The van der Waals surface area contributed by atoms with Gasteiger partial charge in [-0.3, -0.25) is 9.59 Å². The first-order chi connectivity index (χ1) is 9.70. The van der Waals surface area contributed by atoms with E-state index in [9.17, 15) is 13.2 Å². The van der Waals surface area contributed by atoms with Gasteiger partial charge in [0.2, 0.25) is 10.0 Å². The summed E-state index contributed by atoms with van der Waals surface area (Å²) in [6, 6.07) is 6.96. The highest BCUT2D eigenvalue weighted by Crippen LogP contribution is 2.08. The number of nitrogens with one attached hydrogen (secondary N) is 1. The summed E-state index contributed by atoms with van der Waals surface area (Å²) in [6.07, 6.45) is 0. The smallest absolute Gasteiger partial charge is 0.323 e. The number of carbonyl (C=O) groups excluding carboxylic acids is 1. The molecule has 1 atom stereocenters. The van der Waals surface area contributed by atoms with Crippen molar-refractivity contribution in [1.29, 1.82) is 0 Å². The monoisotopic (exact) mass is 317 g/mol. The molecule has 118 valence electrons. The zero-order chi connectivity index (χ0) is 16.5. The largest absolute Gasteiger partial charge is 0.481 e. The van der Waals surface area contributed by atoms with Crippen molar-refractivity contribution in [2.75, 3.05) is 6.61 Å². The van der Waals surface area contributed by atoms with Gasteiger partial charge in [-0.25, -0.2) is 8.42 Å². The van der Waals surface area contributed by atoms with Crippen LogP contribution in [0.5, 0.6) is 0 Å². The third kappa shape index (κ3) is 8.05. The quantitative estimate of drug-likeness (QED) is 0.784. The fraction of sp³-hybridized carbons (Fsp3) is 0.385. The van der Waals surface area contributed by atoms with E-state index in [4.69, 9.17) is 14.6 Å². The molecule has 7 nitrogen and oxygen atoms in total. The van der Waals surface area contributed by atoms with E-state index in [1.807, 2.05) is 0 Å². The van der Waals surface area contributed by atoms with Crippen molar-refractivity contribution in [3.63, 3.8) is 0 Å². The Morgan fingerprint density at radius 1 is 1.29 bits per heavy atom. The van der Waals surface area contributed by atoms with E-state index in [0.29, 0.717) is 0 Å². The molecule has 0 heterocycles. The summed E-state index contributed by atoms with van der Waals surface area (Å²) in [7, 11) is -3.67. The topological polar surface area (TPSA) is 110 Å². The van der Waals surface area contributed by atoms with Gasteiger partial charge in [0.05, 0.1) is 11.5 Å². The van der Waals surface area contributed by atoms with Crippen LogP contribution in [-0.2, 0) is 24.3 Å². The van der Waals surface area contributed by atoms with Crippen LogP contribution in [0.15, 0.2) is 35.2 Å². The minimum absolute atomic E-state index is 0.121. The van der Waals surface area contributed by atoms with Crippen molar-refractivity contribution in [3.8, 4) is 0 Å². The van der Waals surface area contributed by atoms with Crippen LogP contribution in [0, 0.1) is 0 Å². The van der Waals surface area contributed by atoms with E-state index in [1.165, 1.54) is 19.1 Å². The van der Waals surface area contributed by atoms with Crippen LogP contribution < -0.4 is 4.72 Å². The average molecular weight is 317 g/mol. The summed E-state index contributed by atoms with van der Waals surface area (Å²) in [6.45, 7) is 4.41. The van der Waals surface area contributed by atoms with Crippen LogP contribution >= 0.6 is 0 Å². The highest BCUT2D eigenvalue weighted by molar-refractivity contribution is 7.89. The van der Waals surface area contributed by atoms with Crippen molar-refractivity contribution < 1.29 is 27.9 Å². The average Bonchev–Trinajstić information content (AvgIpc) is 2.39. The van der Waals surface area contributed by atoms with Crippen LogP contribution in [-0.4, -0.2) is 38.1 Å². The molecule has 0 spiro atoms. The maximum Gasteiger partial charge on any atom is 0.323 e.